The molecule has 0 unspecified atom stereocenters. The molecule has 2 fully saturated rings. The number of rotatable bonds is 5. The number of hydrogen-bond donors (Lipinski definition) is 1. The van der Waals surface area contributed by atoms with Crippen molar-refractivity contribution in [2.75, 3.05) is 19.7 Å². The number of nitrogens with zero attached hydrogens (tertiary/aromatic N) is 2. The van der Waals surface area contributed by atoms with Crippen molar-refractivity contribution in [3.05, 3.63) is 35.4 Å². The topological polar surface area (TPSA) is 70.1 Å². The quantitative estimate of drug-likeness (QED) is 0.828. The summed E-state index contributed by atoms with van der Waals surface area (Å²) in [6.45, 7) is 0.775. The number of imide groups is 1. The number of aryl methyl sites for hydroxylation is 1. The molecule has 25 heavy (non-hydrogen) atoms. The van der Waals surface area contributed by atoms with Gasteiger partial charge >= 0.3 is 6.03 Å². The molecule has 4 rings (SSSR count). The summed E-state index contributed by atoms with van der Waals surface area (Å²) in [5.74, 6) is -0.176. The number of benzene rings is 1. The molecule has 1 N–H and O–H groups in total. The fraction of sp³-hybridized carbons (Fsp3) is 0.579. The Bertz CT molecular complexity index is 655. The zero-order valence-corrected chi connectivity index (χ0v) is 14.3. The van der Waals surface area contributed by atoms with Gasteiger partial charge < -0.3 is 14.7 Å². The molecule has 3 amide bonds. The number of ether oxygens (including phenoxy) is 1. The van der Waals surface area contributed by atoms with E-state index in [-0.39, 0.29) is 37.2 Å². The number of fused-ring (bicyclic) bond motifs is 2. The highest BCUT2D eigenvalue weighted by molar-refractivity contribution is 6.04. The molecule has 2 aliphatic heterocycles. The number of aliphatic hydroxyl groups is 1. The van der Waals surface area contributed by atoms with Gasteiger partial charge in [-0.15, -0.1) is 0 Å². The summed E-state index contributed by atoms with van der Waals surface area (Å²) in [6.07, 6.45) is 3.79. The maximum absolute atomic E-state index is 12.3. The highest BCUT2D eigenvalue weighted by Crippen LogP contribution is 2.32. The van der Waals surface area contributed by atoms with Gasteiger partial charge in [0.15, 0.2) is 0 Å². The van der Waals surface area contributed by atoms with Gasteiger partial charge in [-0.1, -0.05) is 24.3 Å². The summed E-state index contributed by atoms with van der Waals surface area (Å²) in [5, 5.41) is 10.3. The smallest absolute Gasteiger partial charge is 0.327 e. The number of β-amino-alcohol motifs (C(OH)–C–C–N with tert-alkyl or cyclic N) is 1. The van der Waals surface area contributed by atoms with Crippen LogP contribution in [0.25, 0.3) is 0 Å². The summed E-state index contributed by atoms with van der Waals surface area (Å²) >= 11 is 0. The van der Waals surface area contributed by atoms with E-state index >= 15 is 0 Å². The van der Waals surface area contributed by atoms with E-state index in [1.165, 1.54) is 16.0 Å². The highest BCUT2D eigenvalue weighted by atomic mass is 16.5. The van der Waals surface area contributed by atoms with Gasteiger partial charge in [0.1, 0.15) is 6.04 Å². The Morgan fingerprint density at radius 3 is 2.88 bits per heavy atom. The minimum Gasteiger partial charge on any atom is -0.389 e. The molecular weight excluding hydrogens is 320 g/mol. The predicted molar refractivity (Wildman–Crippen MR) is 90.9 cm³/mol. The maximum Gasteiger partial charge on any atom is 0.327 e. The predicted octanol–water partition coefficient (Wildman–Crippen LogP) is 1.87. The molecule has 134 valence electrons. The van der Waals surface area contributed by atoms with E-state index in [9.17, 15) is 14.7 Å². The summed E-state index contributed by atoms with van der Waals surface area (Å²) in [5.41, 5.74) is 2.49. The monoisotopic (exact) mass is 344 g/mol. The van der Waals surface area contributed by atoms with Crippen molar-refractivity contribution in [1.29, 1.82) is 0 Å². The van der Waals surface area contributed by atoms with Gasteiger partial charge in [0.05, 0.1) is 25.4 Å². The van der Waals surface area contributed by atoms with Crippen LogP contribution in [0.3, 0.4) is 0 Å². The van der Waals surface area contributed by atoms with Gasteiger partial charge in [0, 0.05) is 6.54 Å². The first kappa shape index (κ1) is 16.5. The van der Waals surface area contributed by atoms with Crippen LogP contribution in [0.15, 0.2) is 24.3 Å². The molecular formula is C19H24N2O4. The highest BCUT2D eigenvalue weighted by Gasteiger charge is 2.47. The largest absolute Gasteiger partial charge is 0.389 e. The summed E-state index contributed by atoms with van der Waals surface area (Å²) < 4.78 is 5.93. The Hall–Kier alpha value is -1.92. The molecule has 0 bridgehead atoms. The Balaban J connectivity index is 1.34. The molecule has 2 saturated heterocycles. The third-order valence-corrected chi connectivity index (χ3v) is 5.48. The van der Waals surface area contributed by atoms with E-state index in [2.05, 4.69) is 12.1 Å². The third-order valence-electron chi connectivity index (χ3n) is 5.48. The molecule has 0 spiro atoms. The van der Waals surface area contributed by atoms with Crippen molar-refractivity contribution in [3.63, 3.8) is 0 Å². The Morgan fingerprint density at radius 1 is 1.20 bits per heavy atom. The van der Waals surface area contributed by atoms with Gasteiger partial charge in [-0.3, -0.25) is 9.69 Å². The summed E-state index contributed by atoms with van der Waals surface area (Å²) in [4.78, 5) is 27.4. The Kier molecular flexibility index (Phi) is 4.48. The summed E-state index contributed by atoms with van der Waals surface area (Å²) in [6, 6.07) is 7.66. The maximum atomic E-state index is 12.3. The molecule has 6 heteroatoms. The molecule has 1 aliphatic carbocycles. The van der Waals surface area contributed by atoms with E-state index in [1.807, 2.05) is 12.1 Å². The van der Waals surface area contributed by atoms with Crippen LogP contribution in [0.5, 0.6) is 0 Å². The Labute approximate surface area is 147 Å². The lowest BCUT2D eigenvalue weighted by molar-refractivity contribution is -0.129. The van der Waals surface area contributed by atoms with Crippen LogP contribution < -0.4 is 0 Å². The van der Waals surface area contributed by atoms with E-state index in [1.54, 1.807) is 4.90 Å². The lowest BCUT2D eigenvalue weighted by atomic mass is 9.89. The van der Waals surface area contributed by atoms with Crippen LogP contribution in [-0.2, 0) is 16.0 Å². The van der Waals surface area contributed by atoms with E-state index in [0.717, 1.165) is 32.1 Å². The van der Waals surface area contributed by atoms with E-state index in [4.69, 9.17) is 4.74 Å². The zero-order valence-electron chi connectivity index (χ0n) is 14.3. The Morgan fingerprint density at radius 2 is 2.04 bits per heavy atom. The molecule has 0 saturated carbocycles. The molecule has 1 aromatic rings. The van der Waals surface area contributed by atoms with Crippen molar-refractivity contribution in [1.82, 2.24) is 9.80 Å². The molecule has 6 nitrogen and oxygen atoms in total. The summed E-state index contributed by atoms with van der Waals surface area (Å²) in [7, 11) is 0. The normalized spacial score (nSPS) is 26.8. The van der Waals surface area contributed by atoms with Gasteiger partial charge in [-0.25, -0.2) is 4.79 Å². The first-order valence-electron chi connectivity index (χ1n) is 9.14. The van der Waals surface area contributed by atoms with Gasteiger partial charge in [0.2, 0.25) is 0 Å². The second kappa shape index (κ2) is 6.77. The van der Waals surface area contributed by atoms with Crippen LogP contribution in [-0.4, -0.2) is 58.7 Å². The van der Waals surface area contributed by atoms with Crippen molar-refractivity contribution in [2.24, 2.45) is 0 Å². The third kappa shape index (κ3) is 3.04. The average molecular weight is 344 g/mol. The fourth-order valence-electron chi connectivity index (χ4n) is 4.22. The lowest BCUT2D eigenvalue weighted by Crippen LogP contribution is -2.40. The second-order valence-electron chi connectivity index (χ2n) is 7.15. The van der Waals surface area contributed by atoms with Crippen LogP contribution >= 0.6 is 0 Å². The number of hydrogen-bond acceptors (Lipinski definition) is 4. The van der Waals surface area contributed by atoms with Crippen LogP contribution in [0.4, 0.5) is 4.79 Å². The van der Waals surface area contributed by atoms with Gasteiger partial charge in [0.25, 0.3) is 5.91 Å². The minimum atomic E-state index is -0.859. The number of aliphatic hydroxyl groups excluding tert-OH is 1. The van der Waals surface area contributed by atoms with Crippen molar-refractivity contribution < 1.29 is 19.4 Å². The van der Waals surface area contributed by atoms with Crippen molar-refractivity contribution in [2.45, 2.75) is 50.4 Å². The number of urea groups is 1. The number of amides is 3. The molecule has 2 heterocycles. The van der Waals surface area contributed by atoms with Crippen LogP contribution in [0.1, 0.15) is 42.9 Å². The van der Waals surface area contributed by atoms with Crippen LogP contribution in [0.2, 0.25) is 0 Å². The molecule has 3 atom stereocenters. The lowest BCUT2D eigenvalue weighted by Gasteiger charge is -2.27. The number of carbonyl (C=O) groups is 2. The molecule has 1 aromatic carbocycles. The van der Waals surface area contributed by atoms with Crippen molar-refractivity contribution >= 4 is 11.9 Å². The molecule has 3 aliphatic rings. The van der Waals surface area contributed by atoms with Gasteiger partial charge in [-0.2, -0.15) is 0 Å². The molecule has 0 radical (unpaired) electrons. The standard InChI is InChI=1S/C19H24N2O4/c22-14(11-21-18(23)16-8-4-10-20(16)19(21)24)12-25-17-9-3-6-13-5-1-2-7-15(13)17/h1-2,5,7,14,16-17,22H,3-4,6,8-12H2/t14-,16+,17+/m1/s1. The molecule has 0 aromatic heterocycles. The first-order chi connectivity index (χ1) is 12.1. The van der Waals surface area contributed by atoms with Gasteiger partial charge in [-0.05, 0) is 43.2 Å². The van der Waals surface area contributed by atoms with E-state index in [0.29, 0.717) is 6.54 Å². The average Bonchev–Trinajstić information content (AvgIpc) is 3.20. The fourth-order valence-corrected chi connectivity index (χ4v) is 4.22. The zero-order chi connectivity index (χ0) is 17.4. The second-order valence-corrected chi connectivity index (χ2v) is 7.15. The van der Waals surface area contributed by atoms with Crippen molar-refractivity contribution in [3.8, 4) is 0 Å². The SMILES string of the molecule is O=C1[C@@H]2CCCN2C(=O)N1C[C@@H](O)CO[C@H]1CCCc2ccccc21. The van der Waals surface area contributed by atoms with E-state index < -0.39 is 6.10 Å². The first-order valence-corrected chi connectivity index (χ1v) is 9.14. The van der Waals surface area contributed by atoms with Crippen LogP contribution in [0, 0.1) is 0 Å². The minimum absolute atomic E-state index is 0.0129. The number of carbonyl (C=O) groups excluding carboxylic acids is 2.